The van der Waals surface area contributed by atoms with Gasteiger partial charge in [0.25, 0.3) is 0 Å². The van der Waals surface area contributed by atoms with E-state index >= 15 is 0 Å². The number of amides is 1. The molecule has 4 rings (SSSR count). The molecule has 0 aliphatic carbocycles. The van der Waals surface area contributed by atoms with Gasteiger partial charge in [0.2, 0.25) is 5.91 Å². The molecule has 2 fully saturated rings. The van der Waals surface area contributed by atoms with Crippen LogP contribution in [0.1, 0.15) is 42.9 Å². The topological polar surface area (TPSA) is 95.2 Å². The lowest BCUT2D eigenvalue weighted by atomic mass is 9.82. The summed E-state index contributed by atoms with van der Waals surface area (Å²) in [4.78, 5) is 17.8. The van der Waals surface area contributed by atoms with Gasteiger partial charge in [-0.3, -0.25) is 4.79 Å². The third kappa shape index (κ3) is 7.03. The van der Waals surface area contributed by atoms with Gasteiger partial charge in [0.15, 0.2) is 6.29 Å². The van der Waals surface area contributed by atoms with Crippen LogP contribution in [0, 0.1) is 5.82 Å². The first-order chi connectivity index (χ1) is 18.6. The van der Waals surface area contributed by atoms with E-state index in [1.165, 1.54) is 13.0 Å². The average Bonchev–Trinajstić information content (AvgIpc) is 3.42. The molecular formula is C28H31F4N3O4. The second kappa shape index (κ2) is 12.3. The van der Waals surface area contributed by atoms with Crippen molar-refractivity contribution in [2.24, 2.45) is 10.7 Å². The predicted molar refractivity (Wildman–Crippen MR) is 136 cm³/mol. The molecule has 0 aromatic heterocycles. The Morgan fingerprint density at radius 1 is 1.05 bits per heavy atom. The van der Waals surface area contributed by atoms with Crippen LogP contribution in [-0.4, -0.2) is 44.5 Å². The molecule has 11 heteroatoms. The van der Waals surface area contributed by atoms with Crippen LogP contribution in [-0.2, 0) is 37.1 Å². The van der Waals surface area contributed by atoms with Crippen molar-refractivity contribution in [1.82, 2.24) is 5.32 Å². The van der Waals surface area contributed by atoms with Crippen molar-refractivity contribution < 1.29 is 36.6 Å². The number of ether oxygens (including phenoxy) is 3. The summed E-state index contributed by atoms with van der Waals surface area (Å²) in [6.45, 7) is 2.88. The lowest BCUT2D eigenvalue weighted by Crippen LogP contribution is -2.49. The van der Waals surface area contributed by atoms with Crippen molar-refractivity contribution in [3.63, 3.8) is 0 Å². The molecule has 3 N–H and O–H groups in total. The van der Waals surface area contributed by atoms with Crippen LogP contribution in [0.2, 0.25) is 0 Å². The number of amidine groups is 1. The molecule has 7 nitrogen and oxygen atoms in total. The van der Waals surface area contributed by atoms with Crippen molar-refractivity contribution in [2.45, 2.75) is 50.6 Å². The third-order valence-corrected chi connectivity index (χ3v) is 6.73. The number of carbonyl (C=O) groups excluding carboxylic acids is 1. The fourth-order valence-corrected chi connectivity index (χ4v) is 4.89. The number of nitrogens with zero attached hydrogens (tertiary/aromatic N) is 1. The monoisotopic (exact) mass is 549 g/mol. The number of aliphatic imine (C=N–C) groups is 1. The van der Waals surface area contributed by atoms with E-state index < -0.39 is 29.4 Å². The standard InChI is InChI=1S/C28H31F4N3O4/c1-18(33)34-23(17-24(36)35-27(10-12-37-13-11-27)20-7-3-2-4-8-20)21(26-38-14-15-39-26)16-19-6-5-9-22(25(19)29)28(30,31)32/h2-9,26H,10-17H2,1H3,(H2,33,34)(H,35,36)/b23-21+. The van der Waals surface area contributed by atoms with Crippen molar-refractivity contribution in [1.29, 1.82) is 0 Å². The molecule has 2 aromatic carbocycles. The molecule has 0 atom stereocenters. The summed E-state index contributed by atoms with van der Waals surface area (Å²) in [6.07, 6.45) is -5.37. The number of rotatable bonds is 8. The molecule has 39 heavy (non-hydrogen) atoms. The molecule has 1 amide bonds. The summed E-state index contributed by atoms with van der Waals surface area (Å²) in [6, 6.07) is 12.6. The maximum atomic E-state index is 15.0. The average molecular weight is 550 g/mol. The number of alkyl halides is 3. The minimum absolute atomic E-state index is 0.113. The van der Waals surface area contributed by atoms with Crippen molar-refractivity contribution in [3.05, 3.63) is 82.3 Å². The van der Waals surface area contributed by atoms with Crippen molar-refractivity contribution in [2.75, 3.05) is 26.4 Å². The Kier molecular flexibility index (Phi) is 9.04. The van der Waals surface area contributed by atoms with Gasteiger partial charge in [0, 0.05) is 25.2 Å². The van der Waals surface area contributed by atoms with E-state index in [9.17, 15) is 22.4 Å². The summed E-state index contributed by atoms with van der Waals surface area (Å²) >= 11 is 0. The molecule has 2 aliphatic rings. The molecule has 2 aromatic rings. The highest BCUT2D eigenvalue weighted by Crippen LogP contribution is 2.35. The van der Waals surface area contributed by atoms with Gasteiger partial charge in [0.05, 0.1) is 42.3 Å². The van der Waals surface area contributed by atoms with Gasteiger partial charge >= 0.3 is 6.18 Å². The number of nitrogens with one attached hydrogen (secondary N) is 1. The molecule has 0 unspecified atom stereocenters. The lowest BCUT2D eigenvalue weighted by molar-refractivity contribution is -0.140. The van der Waals surface area contributed by atoms with E-state index in [2.05, 4.69) is 10.3 Å². The van der Waals surface area contributed by atoms with Crippen molar-refractivity contribution in [3.8, 4) is 0 Å². The number of hydrogen-bond donors (Lipinski definition) is 2. The first-order valence-electron chi connectivity index (χ1n) is 12.6. The van der Waals surface area contributed by atoms with E-state index in [4.69, 9.17) is 19.9 Å². The molecule has 0 bridgehead atoms. The minimum atomic E-state index is -4.87. The minimum Gasteiger partial charge on any atom is -0.387 e. The Bertz CT molecular complexity index is 1220. The number of halogens is 4. The maximum Gasteiger partial charge on any atom is 0.419 e. The van der Waals surface area contributed by atoms with E-state index in [0.29, 0.717) is 32.1 Å². The summed E-state index contributed by atoms with van der Waals surface area (Å²) in [7, 11) is 0. The molecule has 2 saturated heterocycles. The van der Waals surface area contributed by atoms with Gasteiger partial charge < -0.3 is 25.3 Å². The molecule has 2 heterocycles. The zero-order chi connectivity index (χ0) is 28.0. The second-order valence-corrected chi connectivity index (χ2v) is 9.54. The van der Waals surface area contributed by atoms with Gasteiger partial charge in [0.1, 0.15) is 5.82 Å². The molecular weight excluding hydrogens is 518 g/mol. The summed E-state index contributed by atoms with van der Waals surface area (Å²) in [5.74, 6) is -1.68. The highest BCUT2D eigenvalue weighted by molar-refractivity contribution is 5.83. The van der Waals surface area contributed by atoms with Crippen LogP contribution < -0.4 is 11.1 Å². The van der Waals surface area contributed by atoms with E-state index in [0.717, 1.165) is 11.6 Å². The summed E-state index contributed by atoms with van der Waals surface area (Å²) < 4.78 is 71.9. The normalized spacial score (nSPS) is 19.1. The number of hydrogen-bond acceptors (Lipinski definition) is 5. The van der Waals surface area contributed by atoms with Gasteiger partial charge in [-0.05, 0) is 37.0 Å². The maximum absolute atomic E-state index is 15.0. The Morgan fingerprint density at radius 2 is 1.72 bits per heavy atom. The van der Waals surface area contributed by atoms with Gasteiger partial charge in [-0.1, -0.05) is 42.5 Å². The Morgan fingerprint density at radius 3 is 2.33 bits per heavy atom. The van der Waals surface area contributed by atoms with Crippen LogP contribution in [0.5, 0.6) is 0 Å². The zero-order valence-electron chi connectivity index (χ0n) is 21.5. The van der Waals surface area contributed by atoms with Crippen LogP contribution in [0.15, 0.2) is 64.8 Å². The van der Waals surface area contributed by atoms with Crippen molar-refractivity contribution >= 4 is 11.7 Å². The van der Waals surface area contributed by atoms with Crippen LogP contribution in [0.4, 0.5) is 17.6 Å². The first kappa shape index (κ1) is 28.7. The summed E-state index contributed by atoms with van der Waals surface area (Å²) in [5.41, 5.74) is 4.90. The van der Waals surface area contributed by atoms with Crippen LogP contribution >= 0.6 is 0 Å². The van der Waals surface area contributed by atoms with E-state index in [-0.39, 0.29) is 54.6 Å². The van der Waals surface area contributed by atoms with Gasteiger partial charge in [-0.2, -0.15) is 13.2 Å². The van der Waals surface area contributed by atoms with Crippen LogP contribution in [0.3, 0.4) is 0 Å². The highest BCUT2D eigenvalue weighted by Gasteiger charge is 2.37. The molecule has 0 spiro atoms. The summed E-state index contributed by atoms with van der Waals surface area (Å²) in [5, 5.41) is 3.13. The molecule has 0 radical (unpaired) electrons. The van der Waals surface area contributed by atoms with Gasteiger partial charge in [-0.15, -0.1) is 0 Å². The number of nitrogens with two attached hydrogens (primary N) is 1. The fourth-order valence-electron chi connectivity index (χ4n) is 4.89. The van der Waals surface area contributed by atoms with E-state index in [1.54, 1.807) is 0 Å². The molecule has 0 saturated carbocycles. The molecule has 210 valence electrons. The fraction of sp³-hybridized carbons (Fsp3) is 0.429. The predicted octanol–water partition coefficient (Wildman–Crippen LogP) is 4.60. The quantitative estimate of drug-likeness (QED) is 0.285. The SMILES string of the molecule is C/C(N)=N/C(CC(=O)NC1(c2ccccc2)CCOCC1)=C(\Cc1cccc(C(F)(F)F)c1F)C1OCCO1. The largest absolute Gasteiger partial charge is 0.419 e. The second-order valence-electron chi connectivity index (χ2n) is 9.54. The van der Waals surface area contributed by atoms with Gasteiger partial charge in [-0.25, -0.2) is 9.38 Å². The number of carbonyl (C=O) groups is 1. The Hall–Kier alpha value is -3.28. The number of benzene rings is 2. The highest BCUT2D eigenvalue weighted by atomic mass is 19.4. The first-order valence-corrected chi connectivity index (χ1v) is 12.6. The Balaban J connectivity index is 1.70. The van der Waals surface area contributed by atoms with E-state index in [1.807, 2.05) is 30.3 Å². The third-order valence-electron chi connectivity index (χ3n) is 6.73. The zero-order valence-corrected chi connectivity index (χ0v) is 21.5. The smallest absolute Gasteiger partial charge is 0.387 e. The lowest BCUT2D eigenvalue weighted by Gasteiger charge is -2.38. The molecule has 2 aliphatic heterocycles. The van der Waals surface area contributed by atoms with Crippen LogP contribution in [0.25, 0.3) is 0 Å². The Labute approximate surface area is 224 Å².